The van der Waals surface area contributed by atoms with Crippen LogP contribution in [0.1, 0.15) is 39.3 Å². The lowest BCUT2D eigenvalue weighted by Gasteiger charge is -2.45. The van der Waals surface area contributed by atoms with Crippen LogP contribution in [-0.4, -0.2) is 43.3 Å². The summed E-state index contributed by atoms with van der Waals surface area (Å²) in [5.41, 5.74) is 1.38. The molecule has 1 N–H and O–H groups in total. The van der Waals surface area contributed by atoms with Crippen molar-refractivity contribution in [3.63, 3.8) is 0 Å². The van der Waals surface area contributed by atoms with Crippen LogP contribution < -0.4 is 5.32 Å². The second-order valence-electron chi connectivity index (χ2n) is 6.39. The largest absolute Gasteiger partial charge is 0.380 e. The molecule has 21 heavy (non-hydrogen) atoms. The number of rotatable bonds is 6. The van der Waals surface area contributed by atoms with Gasteiger partial charge in [0.1, 0.15) is 0 Å². The van der Waals surface area contributed by atoms with Crippen molar-refractivity contribution < 1.29 is 4.74 Å². The van der Waals surface area contributed by atoms with Gasteiger partial charge in [0.15, 0.2) is 0 Å². The van der Waals surface area contributed by atoms with E-state index in [4.69, 9.17) is 4.74 Å². The highest BCUT2D eigenvalue weighted by Crippen LogP contribution is 2.24. The normalized spacial score (nSPS) is 25.2. The van der Waals surface area contributed by atoms with Gasteiger partial charge in [-0.15, -0.1) is 0 Å². The molecule has 1 aliphatic rings. The van der Waals surface area contributed by atoms with E-state index in [1.165, 1.54) is 5.56 Å². The Hall–Kier alpha value is -0.900. The number of piperazine rings is 1. The number of nitrogens with one attached hydrogen (secondary N) is 1. The van der Waals surface area contributed by atoms with Gasteiger partial charge in [-0.1, -0.05) is 44.2 Å². The standard InChI is InChI=1S/C18H30N2O/c1-5-21-13-18(14(2)3)20-12-17(19-11-15(20)4)16-9-7-6-8-10-16/h6-10,14-15,17-19H,5,11-13H2,1-4H3. The molecule has 0 aromatic heterocycles. The first-order valence-electron chi connectivity index (χ1n) is 8.25. The Morgan fingerprint density at radius 3 is 2.62 bits per heavy atom. The molecule has 0 radical (unpaired) electrons. The van der Waals surface area contributed by atoms with Gasteiger partial charge in [-0.25, -0.2) is 0 Å². The van der Waals surface area contributed by atoms with Gasteiger partial charge in [-0.3, -0.25) is 4.90 Å². The Morgan fingerprint density at radius 1 is 1.29 bits per heavy atom. The minimum atomic E-state index is 0.422. The van der Waals surface area contributed by atoms with Crippen LogP contribution in [0.5, 0.6) is 0 Å². The zero-order valence-corrected chi connectivity index (χ0v) is 13.9. The number of hydrogen-bond acceptors (Lipinski definition) is 3. The van der Waals surface area contributed by atoms with Crippen molar-refractivity contribution >= 4 is 0 Å². The first-order valence-corrected chi connectivity index (χ1v) is 8.25. The van der Waals surface area contributed by atoms with Gasteiger partial charge in [-0.05, 0) is 25.3 Å². The summed E-state index contributed by atoms with van der Waals surface area (Å²) in [7, 11) is 0. The third-order valence-corrected chi connectivity index (χ3v) is 4.51. The topological polar surface area (TPSA) is 24.5 Å². The Bertz CT molecular complexity index is 407. The highest BCUT2D eigenvalue weighted by Gasteiger charge is 2.32. The van der Waals surface area contributed by atoms with E-state index in [2.05, 4.69) is 68.2 Å². The van der Waals surface area contributed by atoms with E-state index in [1.807, 2.05) is 0 Å². The van der Waals surface area contributed by atoms with E-state index in [9.17, 15) is 0 Å². The summed E-state index contributed by atoms with van der Waals surface area (Å²) in [5.74, 6) is 0.605. The second kappa shape index (κ2) is 7.92. The predicted molar refractivity (Wildman–Crippen MR) is 88.5 cm³/mol. The van der Waals surface area contributed by atoms with Gasteiger partial charge >= 0.3 is 0 Å². The molecule has 0 aliphatic carbocycles. The molecule has 1 fully saturated rings. The fourth-order valence-corrected chi connectivity index (χ4v) is 3.17. The SMILES string of the molecule is CCOCC(C(C)C)N1CC(c2ccccc2)NCC1C. The molecule has 3 atom stereocenters. The molecule has 1 aromatic carbocycles. The van der Waals surface area contributed by atoms with Crippen molar-refractivity contribution in [1.82, 2.24) is 10.2 Å². The molecule has 1 aromatic rings. The van der Waals surface area contributed by atoms with Crippen LogP contribution in [0, 0.1) is 5.92 Å². The maximum absolute atomic E-state index is 5.74. The van der Waals surface area contributed by atoms with E-state index in [0.717, 1.165) is 26.3 Å². The van der Waals surface area contributed by atoms with E-state index in [0.29, 0.717) is 24.0 Å². The van der Waals surface area contributed by atoms with E-state index in [-0.39, 0.29) is 0 Å². The fourth-order valence-electron chi connectivity index (χ4n) is 3.17. The van der Waals surface area contributed by atoms with Crippen molar-refractivity contribution in [3.8, 4) is 0 Å². The van der Waals surface area contributed by atoms with Crippen LogP contribution in [0.4, 0.5) is 0 Å². The van der Waals surface area contributed by atoms with Gasteiger partial charge in [0.05, 0.1) is 6.61 Å². The molecular weight excluding hydrogens is 260 g/mol. The third kappa shape index (κ3) is 4.29. The van der Waals surface area contributed by atoms with Crippen LogP contribution in [0.15, 0.2) is 30.3 Å². The molecule has 3 nitrogen and oxygen atoms in total. The summed E-state index contributed by atoms with van der Waals surface area (Å²) in [6.45, 7) is 12.7. The van der Waals surface area contributed by atoms with Gasteiger partial charge in [-0.2, -0.15) is 0 Å². The van der Waals surface area contributed by atoms with Crippen molar-refractivity contribution in [2.24, 2.45) is 5.92 Å². The van der Waals surface area contributed by atoms with Crippen LogP contribution >= 0.6 is 0 Å². The van der Waals surface area contributed by atoms with Crippen molar-refractivity contribution in [1.29, 1.82) is 0 Å². The highest BCUT2D eigenvalue weighted by atomic mass is 16.5. The first-order chi connectivity index (χ1) is 10.1. The Balaban J connectivity index is 2.09. The maximum Gasteiger partial charge on any atom is 0.0624 e. The minimum absolute atomic E-state index is 0.422. The van der Waals surface area contributed by atoms with Crippen LogP contribution in [-0.2, 0) is 4.74 Å². The van der Waals surface area contributed by atoms with E-state index >= 15 is 0 Å². The lowest BCUT2D eigenvalue weighted by Crippen LogP contribution is -2.57. The lowest BCUT2D eigenvalue weighted by molar-refractivity contribution is 0.00553. The Kier molecular flexibility index (Phi) is 6.22. The molecule has 2 rings (SSSR count). The van der Waals surface area contributed by atoms with Gasteiger partial charge in [0.2, 0.25) is 0 Å². The molecule has 0 spiro atoms. The molecule has 1 aliphatic heterocycles. The van der Waals surface area contributed by atoms with Crippen molar-refractivity contribution in [3.05, 3.63) is 35.9 Å². The van der Waals surface area contributed by atoms with Crippen molar-refractivity contribution in [2.45, 2.75) is 45.8 Å². The summed E-state index contributed by atoms with van der Waals surface area (Å²) in [6.07, 6.45) is 0. The number of nitrogens with zero attached hydrogens (tertiary/aromatic N) is 1. The zero-order chi connectivity index (χ0) is 15.2. The van der Waals surface area contributed by atoms with Gasteiger partial charge in [0, 0.05) is 37.8 Å². The molecular formula is C18H30N2O. The molecule has 0 bridgehead atoms. The van der Waals surface area contributed by atoms with Crippen LogP contribution in [0.3, 0.4) is 0 Å². The number of benzene rings is 1. The molecule has 0 amide bonds. The molecule has 3 heteroatoms. The highest BCUT2D eigenvalue weighted by molar-refractivity contribution is 5.20. The summed E-state index contributed by atoms with van der Waals surface area (Å²) in [5, 5.41) is 3.68. The quantitative estimate of drug-likeness (QED) is 0.871. The predicted octanol–water partition coefficient (Wildman–Crippen LogP) is 3.08. The molecule has 118 valence electrons. The summed E-state index contributed by atoms with van der Waals surface area (Å²) >= 11 is 0. The molecule has 3 unspecified atom stereocenters. The fraction of sp³-hybridized carbons (Fsp3) is 0.667. The molecule has 1 saturated heterocycles. The van der Waals surface area contributed by atoms with Crippen molar-refractivity contribution in [2.75, 3.05) is 26.3 Å². The summed E-state index contributed by atoms with van der Waals surface area (Å²) < 4.78 is 5.74. The van der Waals surface area contributed by atoms with Gasteiger partial charge in [0.25, 0.3) is 0 Å². The third-order valence-electron chi connectivity index (χ3n) is 4.51. The monoisotopic (exact) mass is 290 g/mol. The Morgan fingerprint density at radius 2 is 2.00 bits per heavy atom. The number of ether oxygens (including phenoxy) is 1. The number of hydrogen-bond donors (Lipinski definition) is 1. The summed E-state index contributed by atoms with van der Waals surface area (Å²) in [6, 6.07) is 12.2. The Labute approximate surface area is 129 Å². The first kappa shape index (κ1) is 16.5. The maximum atomic E-state index is 5.74. The van der Waals surface area contributed by atoms with E-state index < -0.39 is 0 Å². The van der Waals surface area contributed by atoms with E-state index in [1.54, 1.807) is 0 Å². The lowest BCUT2D eigenvalue weighted by atomic mass is 9.96. The average Bonchev–Trinajstić information content (AvgIpc) is 2.50. The van der Waals surface area contributed by atoms with Crippen LogP contribution in [0.25, 0.3) is 0 Å². The average molecular weight is 290 g/mol. The molecule has 0 saturated carbocycles. The summed E-state index contributed by atoms with van der Waals surface area (Å²) in [4.78, 5) is 2.63. The van der Waals surface area contributed by atoms with Gasteiger partial charge < -0.3 is 10.1 Å². The molecule has 1 heterocycles. The minimum Gasteiger partial charge on any atom is -0.380 e. The smallest absolute Gasteiger partial charge is 0.0624 e. The van der Waals surface area contributed by atoms with Crippen LogP contribution in [0.2, 0.25) is 0 Å². The zero-order valence-electron chi connectivity index (χ0n) is 13.9. The second-order valence-corrected chi connectivity index (χ2v) is 6.39.